The molecule has 0 aliphatic carbocycles. The maximum absolute atomic E-state index is 13.0. The number of likely N-dealkylation sites (tertiary alicyclic amines) is 1. The fourth-order valence-electron chi connectivity index (χ4n) is 6.21. The van der Waals surface area contributed by atoms with Crippen molar-refractivity contribution in [2.75, 3.05) is 67.0 Å². The van der Waals surface area contributed by atoms with Gasteiger partial charge < -0.3 is 43.7 Å². The number of morpholine rings is 1. The average molecular weight is 689 g/mol. The Balaban J connectivity index is 1.31. The summed E-state index contributed by atoms with van der Waals surface area (Å²) < 4.78 is 34.8. The Hall–Kier alpha value is -4.43. The topological polar surface area (TPSA) is 145 Å². The molecule has 1 amide bonds. The van der Waals surface area contributed by atoms with Crippen LogP contribution < -0.4 is 14.8 Å². The molecule has 2 aromatic carbocycles. The standard InChI is InChI=1S/C37H48N6O7/c1-37(2,3)50-36(44)43-15-6-7-31(43)35-40-22-29(42-35)27-13-12-26(32(48-19-17-45-4)33(27)49-20-18-46-5)24-8-10-25(11-9-24)28-21-39-34(41-28)30-23-47-16-14-38-30/h8-13,21-22,30-31,38H,6-7,14-20,23H2,1-5H3,(H,39,41)(H,40,42)/t30-,31-/m0/s1. The normalized spacial score (nSPS) is 18.0. The summed E-state index contributed by atoms with van der Waals surface area (Å²) in [6, 6.07) is 12.1. The van der Waals surface area contributed by atoms with Crippen molar-refractivity contribution in [2.45, 2.75) is 51.3 Å². The molecule has 50 heavy (non-hydrogen) atoms. The number of hydrogen-bond acceptors (Lipinski definition) is 10. The third kappa shape index (κ3) is 8.29. The van der Waals surface area contributed by atoms with Gasteiger partial charge in [-0.1, -0.05) is 24.3 Å². The van der Waals surface area contributed by atoms with E-state index in [9.17, 15) is 4.79 Å². The fraction of sp³-hybridized carbons (Fsp3) is 0.486. The number of aromatic nitrogens is 4. The van der Waals surface area contributed by atoms with E-state index in [4.69, 9.17) is 33.4 Å². The number of nitrogens with one attached hydrogen (secondary N) is 3. The molecule has 0 radical (unpaired) electrons. The Kier molecular flexibility index (Phi) is 11.4. The number of nitrogens with zero attached hydrogens (tertiary/aromatic N) is 3. The van der Waals surface area contributed by atoms with Crippen LogP contribution in [-0.2, 0) is 18.9 Å². The lowest BCUT2D eigenvalue weighted by Gasteiger charge is -2.27. The minimum atomic E-state index is -0.584. The predicted octanol–water partition coefficient (Wildman–Crippen LogP) is 5.92. The molecule has 0 bridgehead atoms. The van der Waals surface area contributed by atoms with Crippen LogP contribution in [0, 0.1) is 0 Å². The van der Waals surface area contributed by atoms with Crippen LogP contribution in [0.25, 0.3) is 33.6 Å². The molecule has 0 saturated carbocycles. The number of ether oxygens (including phenoxy) is 6. The van der Waals surface area contributed by atoms with Gasteiger partial charge >= 0.3 is 6.09 Å². The van der Waals surface area contributed by atoms with Crippen molar-refractivity contribution in [3.63, 3.8) is 0 Å². The molecule has 3 N–H and O–H groups in total. The molecule has 0 unspecified atom stereocenters. The molecule has 0 spiro atoms. The predicted molar refractivity (Wildman–Crippen MR) is 188 cm³/mol. The second-order valence-corrected chi connectivity index (χ2v) is 13.4. The van der Waals surface area contributed by atoms with Crippen LogP contribution in [0.15, 0.2) is 48.8 Å². The van der Waals surface area contributed by atoms with Gasteiger partial charge in [0.05, 0.1) is 62.3 Å². The molecule has 2 aromatic heterocycles. The van der Waals surface area contributed by atoms with Crippen molar-refractivity contribution in [3.8, 4) is 45.1 Å². The van der Waals surface area contributed by atoms with Crippen molar-refractivity contribution < 1.29 is 33.2 Å². The first-order valence-corrected chi connectivity index (χ1v) is 17.2. The van der Waals surface area contributed by atoms with Crippen LogP contribution in [0.4, 0.5) is 4.79 Å². The van der Waals surface area contributed by atoms with Gasteiger partial charge in [0, 0.05) is 38.4 Å². The fourth-order valence-corrected chi connectivity index (χ4v) is 6.21. The van der Waals surface area contributed by atoms with Crippen molar-refractivity contribution in [1.29, 1.82) is 0 Å². The second-order valence-electron chi connectivity index (χ2n) is 13.4. The quantitative estimate of drug-likeness (QED) is 0.145. The minimum absolute atomic E-state index is 0.0478. The second kappa shape index (κ2) is 16.1. The van der Waals surface area contributed by atoms with Crippen LogP contribution in [0.5, 0.6) is 11.5 Å². The maximum Gasteiger partial charge on any atom is 0.410 e. The number of aromatic amines is 2. The summed E-state index contributed by atoms with van der Waals surface area (Å²) in [4.78, 5) is 31.0. The first-order valence-electron chi connectivity index (χ1n) is 17.2. The minimum Gasteiger partial charge on any atom is -0.487 e. The molecule has 6 rings (SSSR count). The Morgan fingerprint density at radius 3 is 2.18 bits per heavy atom. The highest BCUT2D eigenvalue weighted by molar-refractivity contribution is 5.83. The summed E-state index contributed by atoms with van der Waals surface area (Å²) in [5, 5.41) is 3.44. The van der Waals surface area contributed by atoms with Gasteiger partial charge in [-0.15, -0.1) is 0 Å². The van der Waals surface area contributed by atoms with E-state index in [-0.39, 0.29) is 18.2 Å². The molecule has 4 heterocycles. The lowest BCUT2D eigenvalue weighted by molar-refractivity contribution is 0.0218. The molecular weight excluding hydrogens is 640 g/mol. The number of amides is 1. The molecule has 4 aromatic rings. The largest absolute Gasteiger partial charge is 0.487 e. The highest BCUT2D eigenvalue weighted by Gasteiger charge is 2.35. The monoisotopic (exact) mass is 688 g/mol. The van der Waals surface area contributed by atoms with E-state index in [1.165, 1.54) is 0 Å². The number of benzene rings is 2. The summed E-state index contributed by atoms with van der Waals surface area (Å²) in [7, 11) is 3.28. The van der Waals surface area contributed by atoms with Crippen molar-refractivity contribution >= 4 is 6.09 Å². The number of rotatable bonds is 13. The first kappa shape index (κ1) is 35.4. The number of H-pyrrole nitrogens is 2. The van der Waals surface area contributed by atoms with Crippen LogP contribution in [0.2, 0.25) is 0 Å². The highest BCUT2D eigenvalue weighted by Crippen LogP contribution is 2.45. The van der Waals surface area contributed by atoms with Gasteiger partial charge in [0.2, 0.25) is 0 Å². The van der Waals surface area contributed by atoms with E-state index < -0.39 is 5.60 Å². The molecule has 2 atom stereocenters. The first-order chi connectivity index (χ1) is 24.3. The molecule has 13 heteroatoms. The van der Waals surface area contributed by atoms with E-state index >= 15 is 0 Å². The summed E-state index contributed by atoms with van der Waals surface area (Å²) in [6.45, 7) is 9.76. The lowest BCUT2D eigenvalue weighted by atomic mass is 9.98. The zero-order valence-corrected chi connectivity index (χ0v) is 29.5. The summed E-state index contributed by atoms with van der Waals surface area (Å²) >= 11 is 0. The third-order valence-corrected chi connectivity index (χ3v) is 8.62. The SMILES string of the molecule is COCCOc1c(-c2ccc(-c3cnc([C@@H]4COCCN4)[nH]3)cc2)ccc(-c2cnc([C@@H]3CCCN3C(=O)OC(C)(C)C)[nH]2)c1OCCOC. The smallest absolute Gasteiger partial charge is 0.410 e. The van der Waals surface area contributed by atoms with Gasteiger partial charge in [-0.25, -0.2) is 14.8 Å². The number of carbonyl (C=O) groups excluding carboxylic acids is 1. The molecule has 13 nitrogen and oxygen atoms in total. The van der Waals surface area contributed by atoms with Crippen molar-refractivity contribution in [1.82, 2.24) is 30.2 Å². The zero-order chi connectivity index (χ0) is 35.1. The van der Waals surface area contributed by atoms with Gasteiger partial charge in [-0.3, -0.25) is 4.90 Å². The van der Waals surface area contributed by atoms with Crippen LogP contribution in [-0.4, -0.2) is 103 Å². The molecule has 2 fully saturated rings. The molecule has 2 aliphatic rings. The number of hydrogen-bond donors (Lipinski definition) is 3. The highest BCUT2D eigenvalue weighted by atomic mass is 16.6. The Morgan fingerprint density at radius 2 is 1.50 bits per heavy atom. The maximum atomic E-state index is 13.0. The van der Waals surface area contributed by atoms with Crippen molar-refractivity contribution in [3.05, 3.63) is 60.4 Å². The van der Waals surface area contributed by atoms with Gasteiger partial charge in [-0.05, 0) is 56.9 Å². The average Bonchev–Trinajstić information content (AvgIpc) is 3.90. The summed E-state index contributed by atoms with van der Waals surface area (Å²) in [5.41, 5.74) is 4.70. The number of imidazole rings is 2. The molecule has 2 saturated heterocycles. The van der Waals surface area contributed by atoms with Gasteiger partial charge in [-0.2, -0.15) is 0 Å². The van der Waals surface area contributed by atoms with E-state index in [0.29, 0.717) is 63.5 Å². The van der Waals surface area contributed by atoms with E-state index in [1.54, 1.807) is 25.3 Å². The zero-order valence-electron chi connectivity index (χ0n) is 29.5. The number of carbonyl (C=O) groups is 1. The molecular formula is C37H48N6O7. The Labute approximate surface area is 293 Å². The van der Waals surface area contributed by atoms with Gasteiger partial charge in [0.25, 0.3) is 0 Å². The van der Waals surface area contributed by atoms with Crippen LogP contribution in [0.3, 0.4) is 0 Å². The lowest BCUT2D eigenvalue weighted by Crippen LogP contribution is -2.36. The molecule has 2 aliphatic heterocycles. The summed E-state index contributed by atoms with van der Waals surface area (Å²) in [6.07, 6.45) is 4.95. The third-order valence-electron chi connectivity index (χ3n) is 8.62. The molecule has 268 valence electrons. The number of methoxy groups -OCH3 is 2. The van der Waals surface area contributed by atoms with Crippen LogP contribution >= 0.6 is 0 Å². The van der Waals surface area contributed by atoms with Gasteiger partial charge in [0.1, 0.15) is 30.5 Å². The van der Waals surface area contributed by atoms with Crippen LogP contribution in [0.1, 0.15) is 57.3 Å². The van der Waals surface area contributed by atoms with Crippen molar-refractivity contribution in [2.24, 2.45) is 0 Å². The Morgan fingerprint density at radius 1 is 0.860 bits per heavy atom. The Bertz CT molecular complexity index is 1710. The van der Waals surface area contributed by atoms with Gasteiger partial charge in [0.15, 0.2) is 11.5 Å². The van der Waals surface area contributed by atoms with E-state index in [0.717, 1.165) is 58.9 Å². The van der Waals surface area contributed by atoms with E-state index in [2.05, 4.69) is 44.5 Å². The summed E-state index contributed by atoms with van der Waals surface area (Å²) in [5.74, 6) is 2.70. The van der Waals surface area contributed by atoms with E-state index in [1.807, 2.05) is 39.1 Å².